The summed E-state index contributed by atoms with van der Waals surface area (Å²) >= 11 is 0. The zero-order chi connectivity index (χ0) is 15.4. The minimum absolute atomic E-state index is 0.233. The lowest BCUT2D eigenvalue weighted by molar-refractivity contribution is 0.102. The van der Waals surface area contributed by atoms with E-state index in [9.17, 15) is 9.18 Å². The van der Waals surface area contributed by atoms with Crippen LogP contribution in [0.2, 0.25) is 0 Å². The second-order valence-corrected chi connectivity index (χ2v) is 4.92. The van der Waals surface area contributed by atoms with Crippen LogP contribution in [0.25, 0.3) is 0 Å². The molecule has 0 spiro atoms. The van der Waals surface area contributed by atoms with E-state index in [4.69, 9.17) is 4.74 Å². The molecule has 1 aromatic carbocycles. The summed E-state index contributed by atoms with van der Waals surface area (Å²) in [5.41, 5.74) is 0.785. The van der Waals surface area contributed by atoms with Crippen molar-refractivity contribution in [2.75, 3.05) is 27.7 Å². The second kappa shape index (κ2) is 6.49. The van der Waals surface area contributed by atoms with Crippen LogP contribution in [0.1, 0.15) is 16.1 Å². The lowest BCUT2D eigenvalue weighted by Crippen LogP contribution is -2.22. The summed E-state index contributed by atoms with van der Waals surface area (Å²) in [7, 11) is 5.39. The summed E-state index contributed by atoms with van der Waals surface area (Å²) in [6.45, 7) is 1.31. The molecular formula is C15H18FN3O2. The number of ketones is 1. The molecule has 5 nitrogen and oxygen atoms in total. The molecule has 0 amide bonds. The molecule has 1 aromatic heterocycles. The van der Waals surface area contributed by atoms with Crippen LogP contribution in [0.4, 0.5) is 4.39 Å². The Morgan fingerprint density at radius 2 is 2.00 bits per heavy atom. The van der Waals surface area contributed by atoms with Gasteiger partial charge in [0.25, 0.3) is 0 Å². The van der Waals surface area contributed by atoms with E-state index in [0.29, 0.717) is 23.6 Å². The zero-order valence-corrected chi connectivity index (χ0v) is 12.3. The van der Waals surface area contributed by atoms with Crippen LogP contribution in [-0.4, -0.2) is 48.2 Å². The molecular weight excluding hydrogens is 273 g/mol. The number of likely N-dealkylation sites (N-methyl/N-ethyl adjacent to an activating group) is 1. The van der Waals surface area contributed by atoms with Crippen molar-refractivity contribution in [3.8, 4) is 5.75 Å². The topological polar surface area (TPSA) is 47.4 Å². The summed E-state index contributed by atoms with van der Waals surface area (Å²) < 4.78 is 19.8. The van der Waals surface area contributed by atoms with Gasteiger partial charge in [-0.3, -0.25) is 9.48 Å². The lowest BCUT2D eigenvalue weighted by Gasteiger charge is -2.12. The second-order valence-electron chi connectivity index (χ2n) is 4.92. The van der Waals surface area contributed by atoms with E-state index in [1.165, 1.54) is 37.6 Å². The molecule has 0 saturated carbocycles. The Bertz CT molecular complexity index is 620. The zero-order valence-electron chi connectivity index (χ0n) is 12.3. The fourth-order valence-corrected chi connectivity index (χ4v) is 1.95. The first-order valence-corrected chi connectivity index (χ1v) is 6.57. The molecule has 2 rings (SSSR count). The molecule has 21 heavy (non-hydrogen) atoms. The predicted octanol–water partition coefficient (Wildman–Crippen LogP) is 1.82. The third kappa shape index (κ3) is 3.46. The first kappa shape index (κ1) is 15.2. The maximum atomic E-state index is 13.0. The van der Waals surface area contributed by atoms with Crippen LogP contribution in [-0.2, 0) is 6.54 Å². The fraction of sp³-hybridized carbons (Fsp3) is 0.333. The van der Waals surface area contributed by atoms with Crippen LogP contribution in [0.3, 0.4) is 0 Å². The summed E-state index contributed by atoms with van der Waals surface area (Å²) in [6, 6.07) is 5.45. The quantitative estimate of drug-likeness (QED) is 0.762. The number of halogens is 1. The fourth-order valence-electron chi connectivity index (χ4n) is 1.95. The van der Waals surface area contributed by atoms with Crippen LogP contribution in [0.5, 0.6) is 5.75 Å². The van der Waals surface area contributed by atoms with E-state index >= 15 is 0 Å². The van der Waals surface area contributed by atoms with Crippen molar-refractivity contribution >= 4 is 5.78 Å². The van der Waals surface area contributed by atoms with Gasteiger partial charge in [-0.15, -0.1) is 0 Å². The standard InChI is InChI=1S/C15H18FN3O2/c1-18(2)8-9-19-14(13(21-3)10-17-19)15(20)11-4-6-12(16)7-5-11/h4-7,10H,8-9H2,1-3H3. The molecule has 0 atom stereocenters. The summed E-state index contributed by atoms with van der Waals surface area (Å²) in [5, 5.41) is 4.19. The monoisotopic (exact) mass is 291 g/mol. The molecule has 0 aliphatic rings. The maximum absolute atomic E-state index is 13.0. The Kier molecular flexibility index (Phi) is 4.70. The molecule has 0 fully saturated rings. The summed E-state index contributed by atoms with van der Waals surface area (Å²) in [5.74, 6) is -0.189. The normalized spacial score (nSPS) is 10.9. The van der Waals surface area contributed by atoms with Crippen molar-refractivity contribution in [3.05, 3.63) is 47.5 Å². The number of hydrogen-bond donors (Lipinski definition) is 0. The number of carbonyl (C=O) groups is 1. The molecule has 6 heteroatoms. The van der Waals surface area contributed by atoms with Crippen molar-refractivity contribution in [2.24, 2.45) is 0 Å². The molecule has 0 aliphatic heterocycles. The van der Waals surface area contributed by atoms with Gasteiger partial charge in [0.1, 0.15) is 5.82 Å². The number of aromatic nitrogens is 2. The van der Waals surface area contributed by atoms with Crippen molar-refractivity contribution in [3.63, 3.8) is 0 Å². The summed E-state index contributed by atoms with van der Waals surface area (Å²) in [4.78, 5) is 14.6. The smallest absolute Gasteiger partial charge is 0.214 e. The summed E-state index contributed by atoms with van der Waals surface area (Å²) in [6.07, 6.45) is 1.52. The van der Waals surface area contributed by atoms with Gasteiger partial charge in [0.05, 0.1) is 19.9 Å². The highest BCUT2D eigenvalue weighted by Gasteiger charge is 2.21. The molecule has 0 aliphatic carbocycles. The molecule has 0 N–H and O–H groups in total. The van der Waals surface area contributed by atoms with Crippen molar-refractivity contribution in [1.29, 1.82) is 0 Å². The Morgan fingerprint density at radius 1 is 1.33 bits per heavy atom. The Labute approximate surface area is 122 Å². The van der Waals surface area contributed by atoms with Gasteiger partial charge >= 0.3 is 0 Å². The largest absolute Gasteiger partial charge is 0.493 e. The highest BCUT2D eigenvalue weighted by molar-refractivity contribution is 6.09. The number of methoxy groups -OCH3 is 1. The molecule has 0 radical (unpaired) electrons. The van der Waals surface area contributed by atoms with Crippen LogP contribution in [0.15, 0.2) is 30.5 Å². The van der Waals surface area contributed by atoms with E-state index in [1.807, 2.05) is 19.0 Å². The van der Waals surface area contributed by atoms with Gasteiger partial charge < -0.3 is 9.64 Å². The van der Waals surface area contributed by atoms with E-state index in [-0.39, 0.29) is 11.6 Å². The number of ether oxygens (including phenoxy) is 1. The van der Waals surface area contributed by atoms with Gasteiger partial charge in [0, 0.05) is 12.1 Å². The number of rotatable bonds is 6. The van der Waals surface area contributed by atoms with Gasteiger partial charge in [-0.2, -0.15) is 5.10 Å². The number of carbonyl (C=O) groups excluding carboxylic acids is 1. The minimum atomic E-state index is -0.375. The van der Waals surface area contributed by atoms with Gasteiger partial charge in [-0.1, -0.05) is 0 Å². The van der Waals surface area contributed by atoms with Crippen molar-refractivity contribution in [1.82, 2.24) is 14.7 Å². The Hall–Kier alpha value is -2.21. The van der Waals surface area contributed by atoms with Crippen LogP contribution >= 0.6 is 0 Å². The average molecular weight is 291 g/mol. The maximum Gasteiger partial charge on any atom is 0.214 e. The highest BCUT2D eigenvalue weighted by Crippen LogP contribution is 2.21. The third-order valence-electron chi connectivity index (χ3n) is 3.11. The molecule has 0 saturated heterocycles. The molecule has 0 bridgehead atoms. The first-order valence-electron chi connectivity index (χ1n) is 6.57. The van der Waals surface area contributed by atoms with Gasteiger partial charge in [-0.25, -0.2) is 4.39 Å². The first-order chi connectivity index (χ1) is 10.0. The molecule has 2 aromatic rings. The average Bonchev–Trinajstić information content (AvgIpc) is 2.88. The SMILES string of the molecule is COc1cnn(CCN(C)C)c1C(=O)c1ccc(F)cc1. The molecule has 0 unspecified atom stereocenters. The van der Waals surface area contributed by atoms with E-state index in [2.05, 4.69) is 5.10 Å². The predicted molar refractivity (Wildman–Crippen MR) is 77.2 cm³/mol. The van der Waals surface area contributed by atoms with Crippen molar-refractivity contribution in [2.45, 2.75) is 6.54 Å². The van der Waals surface area contributed by atoms with E-state index in [1.54, 1.807) is 4.68 Å². The van der Waals surface area contributed by atoms with Crippen LogP contribution in [0, 0.1) is 5.82 Å². The van der Waals surface area contributed by atoms with E-state index in [0.717, 1.165) is 6.54 Å². The number of nitrogens with zero attached hydrogens (tertiary/aromatic N) is 3. The van der Waals surface area contributed by atoms with Crippen molar-refractivity contribution < 1.29 is 13.9 Å². The highest BCUT2D eigenvalue weighted by atomic mass is 19.1. The van der Waals surface area contributed by atoms with Gasteiger partial charge in [-0.05, 0) is 38.4 Å². The lowest BCUT2D eigenvalue weighted by atomic mass is 10.1. The van der Waals surface area contributed by atoms with E-state index < -0.39 is 0 Å². The van der Waals surface area contributed by atoms with Gasteiger partial charge in [0.15, 0.2) is 11.4 Å². The Balaban J connectivity index is 2.34. The molecule has 1 heterocycles. The minimum Gasteiger partial charge on any atom is -0.493 e. The number of hydrogen-bond acceptors (Lipinski definition) is 4. The molecule has 112 valence electrons. The Morgan fingerprint density at radius 3 is 2.57 bits per heavy atom. The third-order valence-corrected chi connectivity index (χ3v) is 3.11. The number of benzene rings is 1. The van der Waals surface area contributed by atoms with Gasteiger partial charge in [0.2, 0.25) is 5.78 Å². The van der Waals surface area contributed by atoms with Crippen LogP contribution < -0.4 is 4.74 Å².